The molecule has 20 heavy (non-hydrogen) atoms. The van der Waals surface area contributed by atoms with Crippen molar-refractivity contribution in [2.75, 3.05) is 13.7 Å². The average molecular weight is 284 g/mol. The second-order valence-electron chi connectivity index (χ2n) is 5.59. The summed E-state index contributed by atoms with van der Waals surface area (Å²) >= 11 is 0. The van der Waals surface area contributed by atoms with Crippen molar-refractivity contribution >= 4 is 17.5 Å². The maximum atomic E-state index is 10.8. The van der Waals surface area contributed by atoms with Gasteiger partial charge in [-0.05, 0) is 31.1 Å². The molecule has 0 aromatic rings. The van der Waals surface area contributed by atoms with Gasteiger partial charge in [0.2, 0.25) is 0 Å². The number of ether oxygens (including phenoxy) is 1. The van der Waals surface area contributed by atoms with Gasteiger partial charge in [0.1, 0.15) is 11.6 Å². The van der Waals surface area contributed by atoms with Crippen molar-refractivity contribution < 1.29 is 24.2 Å². The molecule has 2 aliphatic rings. The van der Waals surface area contributed by atoms with Gasteiger partial charge in [-0.3, -0.25) is 14.4 Å². The Morgan fingerprint density at radius 3 is 2.10 bits per heavy atom. The molecule has 0 aliphatic heterocycles. The van der Waals surface area contributed by atoms with Gasteiger partial charge in [0.15, 0.2) is 0 Å². The number of aliphatic hydroxyl groups is 1. The summed E-state index contributed by atoms with van der Waals surface area (Å²) in [6.45, 7) is 0.234. The molecule has 0 spiro atoms. The van der Waals surface area contributed by atoms with E-state index in [0.29, 0.717) is 37.4 Å². The van der Waals surface area contributed by atoms with Crippen LogP contribution in [-0.2, 0) is 19.1 Å². The molecule has 0 heterocycles. The monoisotopic (exact) mass is 284 g/mol. The number of ketones is 2. The van der Waals surface area contributed by atoms with Gasteiger partial charge in [0.25, 0.3) is 0 Å². The van der Waals surface area contributed by atoms with Crippen molar-refractivity contribution in [2.24, 2.45) is 11.8 Å². The second kappa shape index (κ2) is 8.84. The molecule has 0 radical (unpaired) electrons. The zero-order chi connectivity index (χ0) is 15.0. The first-order chi connectivity index (χ1) is 9.55. The Hall–Kier alpha value is -1.23. The minimum absolute atomic E-state index is 0.204. The van der Waals surface area contributed by atoms with E-state index >= 15 is 0 Å². The van der Waals surface area contributed by atoms with Crippen LogP contribution in [-0.4, -0.2) is 36.4 Å². The van der Waals surface area contributed by atoms with Crippen molar-refractivity contribution in [3.05, 3.63) is 0 Å². The van der Waals surface area contributed by atoms with Crippen molar-refractivity contribution in [1.82, 2.24) is 0 Å². The zero-order valence-electron chi connectivity index (χ0n) is 12.1. The third-order valence-corrected chi connectivity index (χ3v) is 3.92. The van der Waals surface area contributed by atoms with Gasteiger partial charge in [-0.15, -0.1) is 0 Å². The molecule has 5 nitrogen and oxygen atoms in total. The number of Topliss-reactive ketones (excluding diaryl/α,β-unsaturated/α-hetero) is 2. The number of hydrogen-bond donors (Lipinski definition) is 1. The molecular weight excluding hydrogens is 260 g/mol. The van der Waals surface area contributed by atoms with E-state index in [1.165, 1.54) is 7.11 Å². The van der Waals surface area contributed by atoms with Crippen LogP contribution in [0.15, 0.2) is 0 Å². The molecule has 2 fully saturated rings. The predicted molar refractivity (Wildman–Crippen MR) is 73.0 cm³/mol. The summed E-state index contributed by atoms with van der Waals surface area (Å²) in [5.41, 5.74) is 0. The normalized spacial score (nSPS) is 25.3. The lowest BCUT2D eigenvalue weighted by atomic mass is 10.0. The van der Waals surface area contributed by atoms with E-state index in [9.17, 15) is 14.4 Å². The summed E-state index contributed by atoms with van der Waals surface area (Å²) in [7, 11) is 1.37. The topological polar surface area (TPSA) is 80.7 Å². The molecule has 0 aromatic carbocycles. The highest BCUT2D eigenvalue weighted by molar-refractivity contribution is 5.82. The summed E-state index contributed by atoms with van der Waals surface area (Å²) < 4.78 is 4.50. The smallest absolute Gasteiger partial charge is 0.305 e. The molecule has 2 aliphatic carbocycles. The van der Waals surface area contributed by atoms with Crippen LogP contribution in [0.4, 0.5) is 0 Å². The zero-order valence-corrected chi connectivity index (χ0v) is 12.1. The standard InChI is InChI=1S/C8H12O3.C7H12O2/c1-11-8(10)5-6-2-3-7(9)4-6;8-4-3-6-1-2-7(9)5-6/h6H,2-5H2,1H3;6,8H,1-5H2. The third kappa shape index (κ3) is 6.28. The van der Waals surface area contributed by atoms with Crippen LogP contribution >= 0.6 is 0 Å². The van der Waals surface area contributed by atoms with Crippen molar-refractivity contribution in [2.45, 2.75) is 51.4 Å². The Morgan fingerprint density at radius 1 is 1.15 bits per heavy atom. The molecular formula is C15H24O5. The largest absolute Gasteiger partial charge is 0.469 e. The van der Waals surface area contributed by atoms with Gasteiger partial charge in [0, 0.05) is 38.7 Å². The highest BCUT2D eigenvalue weighted by atomic mass is 16.5. The molecule has 2 atom stereocenters. The average Bonchev–Trinajstić information content (AvgIpc) is 3.00. The van der Waals surface area contributed by atoms with Gasteiger partial charge >= 0.3 is 5.97 Å². The number of hydrogen-bond acceptors (Lipinski definition) is 5. The minimum Gasteiger partial charge on any atom is -0.469 e. The molecule has 5 heteroatoms. The molecule has 2 unspecified atom stereocenters. The lowest BCUT2D eigenvalue weighted by molar-refractivity contribution is -0.141. The Kier molecular flexibility index (Phi) is 7.44. The number of carbonyl (C=O) groups excluding carboxylic acids is 3. The summed E-state index contributed by atoms with van der Waals surface area (Å²) in [5.74, 6) is 1.18. The first kappa shape index (κ1) is 16.8. The molecule has 1 N–H and O–H groups in total. The van der Waals surface area contributed by atoms with Crippen LogP contribution in [0, 0.1) is 11.8 Å². The minimum atomic E-state index is -0.204. The summed E-state index contributed by atoms with van der Waals surface area (Å²) in [6.07, 6.45) is 5.73. The van der Waals surface area contributed by atoms with Crippen molar-refractivity contribution in [3.63, 3.8) is 0 Å². The second-order valence-corrected chi connectivity index (χ2v) is 5.59. The van der Waals surface area contributed by atoms with Gasteiger partial charge in [-0.2, -0.15) is 0 Å². The van der Waals surface area contributed by atoms with Gasteiger partial charge in [-0.25, -0.2) is 0 Å². The lowest BCUT2D eigenvalue weighted by Crippen LogP contribution is -2.07. The SMILES string of the molecule is COC(=O)CC1CCC(=O)C1.O=C1CCC(CCO)C1. The van der Waals surface area contributed by atoms with Gasteiger partial charge < -0.3 is 9.84 Å². The van der Waals surface area contributed by atoms with Crippen molar-refractivity contribution in [3.8, 4) is 0 Å². The van der Waals surface area contributed by atoms with E-state index in [2.05, 4.69) is 4.74 Å². The Balaban J connectivity index is 0.000000204. The number of methoxy groups -OCH3 is 1. The molecule has 2 saturated carbocycles. The summed E-state index contributed by atoms with van der Waals surface area (Å²) in [6, 6.07) is 0. The van der Waals surface area contributed by atoms with Gasteiger partial charge in [-0.1, -0.05) is 0 Å². The number of rotatable bonds is 4. The van der Waals surface area contributed by atoms with Crippen molar-refractivity contribution in [1.29, 1.82) is 0 Å². The maximum Gasteiger partial charge on any atom is 0.305 e. The van der Waals surface area contributed by atoms with Gasteiger partial charge in [0.05, 0.1) is 7.11 Å². The Labute approximate surface area is 119 Å². The lowest BCUT2D eigenvalue weighted by Gasteiger charge is -2.04. The summed E-state index contributed by atoms with van der Waals surface area (Å²) in [5, 5.41) is 8.50. The van der Waals surface area contributed by atoms with E-state index < -0.39 is 0 Å². The molecule has 0 aromatic heterocycles. The Morgan fingerprint density at radius 2 is 1.70 bits per heavy atom. The first-order valence-electron chi connectivity index (χ1n) is 7.26. The van der Waals surface area contributed by atoms with E-state index in [1.54, 1.807) is 0 Å². The highest BCUT2D eigenvalue weighted by Crippen LogP contribution is 2.25. The van der Waals surface area contributed by atoms with Crippen LogP contribution < -0.4 is 0 Å². The quantitative estimate of drug-likeness (QED) is 0.794. The van der Waals surface area contributed by atoms with E-state index in [4.69, 9.17) is 5.11 Å². The first-order valence-corrected chi connectivity index (χ1v) is 7.26. The fraction of sp³-hybridized carbons (Fsp3) is 0.800. The third-order valence-electron chi connectivity index (χ3n) is 3.92. The maximum absolute atomic E-state index is 10.8. The van der Waals surface area contributed by atoms with Crippen LogP contribution in [0.2, 0.25) is 0 Å². The van der Waals surface area contributed by atoms with E-state index in [1.807, 2.05) is 0 Å². The molecule has 0 amide bonds. The van der Waals surface area contributed by atoms with Crippen LogP contribution in [0.3, 0.4) is 0 Å². The number of aliphatic hydroxyl groups excluding tert-OH is 1. The predicted octanol–water partition coefficient (Wildman–Crippen LogP) is 1.66. The molecule has 114 valence electrons. The van der Waals surface area contributed by atoms with Crippen LogP contribution in [0.1, 0.15) is 51.4 Å². The molecule has 0 saturated heterocycles. The van der Waals surface area contributed by atoms with E-state index in [0.717, 1.165) is 25.7 Å². The molecule has 0 bridgehead atoms. The molecule has 2 rings (SSSR count). The number of carbonyl (C=O) groups is 3. The summed E-state index contributed by atoms with van der Waals surface area (Å²) in [4.78, 5) is 32.2. The van der Waals surface area contributed by atoms with Crippen LogP contribution in [0.25, 0.3) is 0 Å². The fourth-order valence-corrected chi connectivity index (χ4v) is 2.70. The number of esters is 1. The Bertz CT molecular complexity index is 350. The highest BCUT2D eigenvalue weighted by Gasteiger charge is 2.24. The van der Waals surface area contributed by atoms with E-state index in [-0.39, 0.29) is 24.3 Å². The fourth-order valence-electron chi connectivity index (χ4n) is 2.70. The van der Waals surface area contributed by atoms with Crippen LogP contribution in [0.5, 0.6) is 0 Å².